The Morgan fingerprint density at radius 2 is 1.92 bits per heavy atom. The van der Waals surface area contributed by atoms with Crippen LogP contribution in [0, 0.1) is 0 Å². The first kappa shape index (κ1) is 10.9. The van der Waals surface area contributed by atoms with E-state index >= 15 is 0 Å². The molecule has 6 heteroatoms. The van der Waals surface area contributed by atoms with Crippen LogP contribution < -0.4 is 10.8 Å². The molecule has 0 saturated heterocycles. The van der Waals surface area contributed by atoms with Crippen molar-refractivity contribution in [3.63, 3.8) is 0 Å². The molecular weight excluding hydrogens is 178 g/mol. The zero-order valence-electron chi connectivity index (χ0n) is 6.39. The molecule has 6 nitrogen and oxygen atoms in total. The first-order chi connectivity index (χ1) is 6.00. The summed E-state index contributed by atoms with van der Waals surface area (Å²) >= 11 is 0. The molecule has 70 valence electrons. The number of aldehydes is 1. The van der Waals surface area contributed by atoms with E-state index in [1.165, 1.54) is 0 Å². The van der Waals surface area contributed by atoms with Gasteiger partial charge in [-0.3, -0.25) is 4.79 Å². The number of nitrogens with two attached hydrogens (primary N) is 1. The lowest BCUT2D eigenvalue weighted by atomic mass is 10.2. The van der Waals surface area contributed by atoms with E-state index < -0.39 is 23.2 Å². The van der Waals surface area contributed by atoms with E-state index in [1.54, 1.807) is 0 Å². The molecule has 0 aromatic carbocycles. The highest BCUT2D eigenvalue weighted by Gasteiger charge is 2.08. The second-order valence-electron chi connectivity index (χ2n) is 1.92. The summed E-state index contributed by atoms with van der Waals surface area (Å²) < 4.78 is 0. The number of aliphatic carboxylic acids is 2. The quantitative estimate of drug-likeness (QED) is 0.290. The normalized spacial score (nSPS) is 12.3. The van der Waals surface area contributed by atoms with Crippen LogP contribution in [-0.4, -0.2) is 23.3 Å². The smallest absolute Gasteiger partial charge is 0.352 e. The summed E-state index contributed by atoms with van der Waals surface area (Å²) in [5, 5.41) is 18.6. The Kier molecular flexibility index (Phi) is 3.94. The van der Waals surface area contributed by atoms with E-state index in [9.17, 15) is 19.5 Å². The van der Waals surface area contributed by atoms with Crippen molar-refractivity contribution in [2.75, 3.05) is 0 Å². The van der Waals surface area contributed by atoms with Crippen molar-refractivity contribution >= 4 is 18.2 Å². The predicted octanol–water partition coefficient (Wildman–Crippen LogP) is -2.21. The standard InChI is InChI=1S/C7H7NO5/c8-5(7(12)13)4(6(10)11)2-1-3-9/h1-3H,8H2,(H,10,11)(H,12,13)/p-1/b2-1-,5-4-. The molecule has 0 aromatic heterocycles. The third kappa shape index (κ3) is 3.19. The molecule has 0 aromatic rings. The van der Waals surface area contributed by atoms with E-state index in [0.29, 0.717) is 0 Å². The highest BCUT2D eigenvalue weighted by Crippen LogP contribution is 1.99. The molecule has 0 heterocycles. The van der Waals surface area contributed by atoms with Crippen molar-refractivity contribution in [1.82, 2.24) is 0 Å². The van der Waals surface area contributed by atoms with Crippen LogP contribution in [0.15, 0.2) is 23.4 Å². The Hall–Kier alpha value is -2.11. The summed E-state index contributed by atoms with van der Waals surface area (Å²) in [4.78, 5) is 30.3. The highest BCUT2D eigenvalue weighted by atomic mass is 16.4. The molecule has 0 unspecified atom stereocenters. The van der Waals surface area contributed by atoms with Crippen LogP contribution in [0.1, 0.15) is 0 Å². The minimum atomic E-state index is -1.75. The number of rotatable bonds is 4. The van der Waals surface area contributed by atoms with Gasteiger partial charge in [-0.15, -0.1) is 0 Å². The third-order valence-electron chi connectivity index (χ3n) is 1.08. The van der Waals surface area contributed by atoms with E-state index in [2.05, 4.69) is 0 Å². The Labute approximate surface area is 73.0 Å². The van der Waals surface area contributed by atoms with Gasteiger partial charge in [0.25, 0.3) is 0 Å². The van der Waals surface area contributed by atoms with Crippen molar-refractivity contribution in [2.24, 2.45) is 5.73 Å². The molecule has 0 spiro atoms. The van der Waals surface area contributed by atoms with Crippen LogP contribution in [0.5, 0.6) is 0 Å². The highest BCUT2D eigenvalue weighted by molar-refractivity contribution is 5.99. The first-order valence-electron chi connectivity index (χ1n) is 3.07. The van der Waals surface area contributed by atoms with Crippen molar-refractivity contribution < 1.29 is 24.6 Å². The van der Waals surface area contributed by atoms with Gasteiger partial charge in [-0.05, 0) is 12.2 Å². The van der Waals surface area contributed by atoms with Gasteiger partial charge < -0.3 is 20.7 Å². The molecule has 0 aliphatic carbocycles. The summed E-state index contributed by atoms with van der Waals surface area (Å²) in [6.45, 7) is 0. The average molecular weight is 184 g/mol. The van der Waals surface area contributed by atoms with Gasteiger partial charge in [0.05, 0.1) is 5.97 Å². The second-order valence-corrected chi connectivity index (χ2v) is 1.92. The monoisotopic (exact) mass is 184 g/mol. The SMILES string of the molecule is N/C(C(=O)O)=C(/C=C\C=O)C(=O)[O-]. The van der Waals surface area contributed by atoms with Gasteiger partial charge in [0.1, 0.15) is 12.0 Å². The van der Waals surface area contributed by atoms with Gasteiger partial charge >= 0.3 is 5.97 Å². The molecule has 0 atom stereocenters. The van der Waals surface area contributed by atoms with Gasteiger partial charge in [-0.2, -0.15) is 0 Å². The molecule has 0 aliphatic heterocycles. The number of carbonyl (C=O) groups is 3. The molecule has 0 amide bonds. The molecule has 3 N–H and O–H groups in total. The number of hydrogen-bond donors (Lipinski definition) is 2. The van der Waals surface area contributed by atoms with Crippen LogP contribution in [0.2, 0.25) is 0 Å². The van der Waals surface area contributed by atoms with Crippen LogP contribution in [0.25, 0.3) is 0 Å². The minimum Gasteiger partial charge on any atom is -0.545 e. The predicted molar refractivity (Wildman–Crippen MR) is 39.1 cm³/mol. The van der Waals surface area contributed by atoms with Crippen LogP contribution in [0.3, 0.4) is 0 Å². The van der Waals surface area contributed by atoms with Crippen LogP contribution >= 0.6 is 0 Å². The first-order valence-corrected chi connectivity index (χ1v) is 3.07. The summed E-state index contributed by atoms with van der Waals surface area (Å²) in [5.41, 5.74) is 3.28. The van der Waals surface area contributed by atoms with Crippen molar-refractivity contribution in [3.05, 3.63) is 23.4 Å². The fourth-order valence-corrected chi connectivity index (χ4v) is 0.518. The molecule has 0 bridgehead atoms. The zero-order valence-corrected chi connectivity index (χ0v) is 6.39. The van der Waals surface area contributed by atoms with E-state index in [0.717, 1.165) is 12.2 Å². The van der Waals surface area contributed by atoms with Gasteiger partial charge in [-0.1, -0.05) is 0 Å². The number of allylic oxidation sites excluding steroid dienone is 1. The Morgan fingerprint density at radius 3 is 2.23 bits per heavy atom. The molecule has 0 rings (SSSR count). The Bertz CT molecular complexity index is 302. The Balaban J connectivity index is 5.11. The number of carbonyl (C=O) groups excluding carboxylic acids is 2. The van der Waals surface area contributed by atoms with Gasteiger partial charge in [0.15, 0.2) is 0 Å². The lowest BCUT2D eigenvalue weighted by Gasteiger charge is -2.04. The fraction of sp³-hybridized carbons (Fsp3) is 0. The minimum absolute atomic E-state index is 0.290. The summed E-state index contributed by atoms with van der Waals surface area (Å²) in [5.74, 6) is -3.34. The van der Waals surface area contributed by atoms with Crippen molar-refractivity contribution in [2.45, 2.75) is 0 Å². The maximum atomic E-state index is 10.3. The Morgan fingerprint density at radius 1 is 1.38 bits per heavy atom. The lowest BCUT2D eigenvalue weighted by Crippen LogP contribution is -2.28. The number of carboxylic acids is 2. The number of hydrogen-bond acceptors (Lipinski definition) is 5. The fourth-order valence-electron chi connectivity index (χ4n) is 0.518. The molecular formula is C7H6NO5-. The molecule has 13 heavy (non-hydrogen) atoms. The molecule has 0 fully saturated rings. The summed E-state index contributed by atoms with van der Waals surface area (Å²) in [7, 11) is 0. The van der Waals surface area contributed by atoms with Gasteiger partial charge in [0, 0.05) is 5.57 Å². The maximum Gasteiger partial charge on any atom is 0.352 e. The molecule has 0 saturated carbocycles. The van der Waals surface area contributed by atoms with Crippen LogP contribution in [-0.2, 0) is 14.4 Å². The van der Waals surface area contributed by atoms with Crippen molar-refractivity contribution in [3.8, 4) is 0 Å². The average Bonchev–Trinajstić information content (AvgIpc) is 2.04. The number of carboxylic acid groups (broad SMARTS) is 2. The lowest BCUT2D eigenvalue weighted by molar-refractivity contribution is -0.298. The van der Waals surface area contributed by atoms with Gasteiger partial charge in [0.2, 0.25) is 0 Å². The maximum absolute atomic E-state index is 10.3. The van der Waals surface area contributed by atoms with Crippen molar-refractivity contribution in [1.29, 1.82) is 0 Å². The van der Waals surface area contributed by atoms with Crippen LogP contribution in [0.4, 0.5) is 0 Å². The second kappa shape index (κ2) is 4.70. The topological polar surface area (TPSA) is 121 Å². The van der Waals surface area contributed by atoms with E-state index in [1.807, 2.05) is 0 Å². The van der Waals surface area contributed by atoms with Gasteiger partial charge in [-0.25, -0.2) is 4.79 Å². The van der Waals surface area contributed by atoms with E-state index in [-0.39, 0.29) is 6.29 Å². The summed E-state index contributed by atoms with van der Waals surface area (Å²) in [6.07, 6.45) is 1.85. The third-order valence-corrected chi connectivity index (χ3v) is 1.08. The summed E-state index contributed by atoms with van der Waals surface area (Å²) in [6, 6.07) is 0. The molecule has 0 radical (unpaired) electrons. The largest absolute Gasteiger partial charge is 0.545 e. The molecule has 0 aliphatic rings. The van der Waals surface area contributed by atoms with E-state index in [4.69, 9.17) is 10.8 Å². The zero-order chi connectivity index (χ0) is 10.4.